The molecule has 1 aliphatic rings. The van der Waals surface area contributed by atoms with Crippen molar-refractivity contribution in [3.05, 3.63) is 102 Å². The van der Waals surface area contributed by atoms with E-state index in [1.165, 1.54) is 24.3 Å². The monoisotopic (exact) mass is 577 g/mol. The minimum absolute atomic E-state index is 0.0181. The van der Waals surface area contributed by atoms with Crippen molar-refractivity contribution >= 4 is 60.2 Å². The zero-order chi connectivity index (χ0) is 28.8. The van der Waals surface area contributed by atoms with Gasteiger partial charge in [-0.3, -0.25) is 18.8 Å². The van der Waals surface area contributed by atoms with E-state index >= 15 is 0 Å². The van der Waals surface area contributed by atoms with Crippen molar-refractivity contribution in [3.8, 4) is 0 Å². The Balaban J connectivity index is 1.75. The molecule has 0 atom stereocenters. The number of nitrogens with zero attached hydrogens (tertiary/aromatic N) is 3. The SMILES string of the molecule is CN(C)c1ccc(C=C2N=C(c3ccccc3)N(c3ccc4c(S(=O)(=O)O)cccc4c3S(=O)(=O)O)C2=O)cc1. The molecule has 0 unspecified atom stereocenters. The molecule has 1 amide bonds. The topological polar surface area (TPSA) is 145 Å². The molecule has 1 aliphatic heterocycles. The lowest BCUT2D eigenvalue weighted by Gasteiger charge is -2.22. The van der Waals surface area contributed by atoms with Gasteiger partial charge in [0.25, 0.3) is 26.1 Å². The number of hydrogen-bond acceptors (Lipinski definition) is 7. The molecule has 4 aromatic rings. The first-order valence-electron chi connectivity index (χ1n) is 11.8. The number of amidine groups is 1. The Morgan fingerprint density at radius 2 is 1.45 bits per heavy atom. The van der Waals surface area contributed by atoms with Gasteiger partial charge in [-0.25, -0.2) is 4.99 Å². The number of carbonyl (C=O) groups is 1. The molecule has 0 saturated carbocycles. The average Bonchev–Trinajstić information content (AvgIpc) is 3.22. The molecule has 0 aromatic heterocycles. The Hall–Kier alpha value is -4.36. The van der Waals surface area contributed by atoms with Crippen LogP contribution in [0.4, 0.5) is 11.4 Å². The minimum atomic E-state index is -5.03. The summed E-state index contributed by atoms with van der Waals surface area (Å²) in [6.45, 7) is 0. The van der Waals surface area contributed by atoms with Crippen LogP contribution >= 0.6 is 0 Å². The molecule has 0 fully saturated rings. The number of amides is 1. The molecule has 0 spiro atoms. The number of fused-ring (bicyclic) bond motifs is 1. The number of anilines is 2. The van der Waals surface area contributed by atoms with Gasteiger partial charge in [-0.1, -0.05) is 60.7 Å². The van der Waals surface area contributed by atoms with Gasteiger partial charge in [0.15, 0.2) is 0 Å². The molecular weight excluding hydrogens is 554 g/mol. The molecule has 0 bridgehead atoms. The Kier molecular flexibility index (Phi) is 6.80. The van der Waals surface area contributed by atoms with Crippen LogP contribution in [0.15, 0.2) is 105 Å². The second-order valence-electron chi connectivity index (χ2n) is 9.17. The molecule has 0 radical (unpaired) electrons. The molecule has 5 rings (SSSR count). The lowest BCUT2D eigenvalue weighted by Crippen LogP contribution is -2.34. The summed E-state index contributed by atoms with van der Waals surface area (Å²) in [6, 6.07) is 22.0. The lowest BCUT2D eigenvalue weighted by atomic mass is 10.1. The van der Waals surface area contributed by atoms with Crippen molar-refractivity contribution in [2.45, 2.75) is 9.79 Å². The Morgan fingerprint density at radius 3 is 2.05 bits per heavy atom. The van der Waals surface area contributed by atoms with Gasteiger partial charge in [0, 0.05) is 36.1 Å². The summed E-state index contributed by atoms with van der Waals surface area (Å²) in [6.07, 6.45) is 1.56. The van der Waals surface area contributed by atoms with Crippen molar-refractivity contribution in [1.29, 1.82) is 0 Å². The third-order valence-corrected chi connectivity index (χ3v) is 8.19. The van der Waals surface area contributed by atoms with E-state index in [9.17, 15) is 30.7 Å². The van der Waals surface area contributed by atoms with Crippen LogP contribution < -0.4 is 9.80 Å². The summed E-state index contributed by atoms with van der Waals surface area (Å²) >= 11 is 0. The second-order valence-corrected chi connectivity index (χ2v) is 11.9. The van der Waals surface area contributed by atoms with Gasteiger partial charge in [0.1, 0.15) is 21.3 Å². The zero-order valence-corrected chi connectivity index (χ0v) is 22.9. The molecular formula is C28H23N3O7S2. The molecule has 2 N–H and O–H groups in total. The summed E-state index contributed by atoms with van der Waals surface area (Å²) in [4.78, 5) is 20.1. The van der Waals surface area contributed by atoms with Crippen LogP contribution in [0.1, 0.15) is 11.1 Å². The summed E-state index contributed by atoms with van der Waals surface area (Å²) in [5.74, 6) is -0.553. The van der Waals surface area contributed by atoms with Gasteiger partial charge in [-0.05, 0) is 35.9 Å². The Morgan fingerprint density at radius 1 is 0.775 bits per heavy atom. The van der Waals surface area contributed by atoms with Gasteiger partial charge in [0.2, 0.25) is 0 Å². The lowest BCUT2D eigenvalue weighted by molar-refractivity contribution is -0.113. The van der Waals surface area contributed by atoms with Crippen molar-refractivity contribution in [1.82, 2.24) is 0 Å². The van der Waals surface area contributed by atoms with E-state index in [-0.39, 0.29) is 28.0 Å². The number of benzene rings is 4. The van der Waals surface area contributed by atoms with Crippen molar-refractivity contribution in [3.63, 3.8) is 0 Å². The maximum Gasteiger partial charge on any atom is 0.297 e. The highest BCUT2D eigenvalue weighted by Gasteiger charge is 2.37. The summed E-state index contributed by atoms with van der Waals surface area (Å²) < 4.78 is 69.4. The number of hydrogen-bond donors (Lipinski definition) is 2. The molecule has 1 heterocycles. The van der Waals surface area contributed by atoms with Gasteiger partial charge in [0.05, 0.1) is 5.69 Å². The van der Waals surface area contributed by atoms with Gasteiger partial charge in [-0.2, -0.15) is 16.8 Å². The largest absolute Gasteiger partial charge is 0.378 e. The average molecular weight is 578 g/mol. The first-order chi connectivity index (χ1) is 18.9. The van der Waals surface area contributed by atoms with Gasteiger partial charge in [-0.15, -0.1) is 0 Å². The fourth-order valence-electron chi connectivity index (χ4n) is 4.51. The first-order valence-corrected chi connectivity index (χ1v) is 14.7. The molecule has 40 heavy (non-hydrogen) atoms. The molecule has 12 heteroatoms. The fraction of sp³-hybridized carbons (Fsp3) is 0.0714. The first kappa shape index (κ1) is 27.2. The van der Waals surface area contributed by atoms with Gasteiger partial charge < -0.3 is 4.90 Å². The van der Waals surface area contributed by atoms with Crippen LogP contribution in [0.3, 0.4) is 0 Å². The molecule has 10 nitrogen and oxygen atoms in total. The normalized spacial score (nSPS) is 15.1. The third kappa shape index (κ3) is 5.00. The van der Waals surface area contributed by atoms with E-state index in [1.807, 2.05) is 43.3 Å². The van der Waals surface area contributed by atoms with E-state index in [1.54, 1.807) is 36.4 Å². The summed E-state index contributed by atoms with van der Waals surface area (Å²) in [5.41, 5.74) is 1.91. The van der Waals surface area contributed by atoms with Crippen LogP contribution in [0.25, 0.3) is 16.8 Å². The van der Waals surface area contributed by atoms with Crippen LogP contribution in [-0.4, -0.2) is 51.8 Å². The van der Waals surface area contributed by atoms with Crippen molar-refractivity contribution < 1.29 is 30.7 Å². The van der Waals surface area contributed by atoms with Gasteiger partial charge >= 0.3 is 0 Å². The number of aliphatic imine (C=N–C) groups is 1. The number of carbonyl (C=O) groups excluding carboxylic acids is 1. The van der Waals surface area contributed by atoms with E-state index in [0.717, 1.165) is 16.7 Å². The third-order valence-electron chi connectivity index (χ3n) is 6.33. The van der Waals surface area contributed by atoms with Crippen molar-refractivity contribution in [2.24, 2.45) is 4.99 Å². The highest BCUT2D eigenvalue weighted by Crippen LogP contribution is 2.38. The Bertz CT molecular complexity index is 1930. The highest BCUT2D eigenvalue weighted by atomic mass is 32.2. The number of rotatable bonds is 6. The molecule has 0 aliphatic carbocycles. The fourth-order valence-corrected chi connectivity index (χ4v) is 6.10. The standard InChI is InChI=1S/C28H23N3O7S2/c1-30(2)20-13-11-18(12-14-20)17-23-28(32)31(27(29-23)19-7-4-3-5-8-19)24-16-15-21-22(26(24)40(36,37)38)9-6-10-25(21)39(33,34)35/h3-17H,1-2H3,(H,33,34,35)(H,36,37,38). The molecule has 4 aromatic carbocycles. The van der Waals surface area contributed by atoms with Crippen LogP contribution in [0.5, 0.6) is 0 Å². The van der Waals surface area contributed by atoms with E-state index < -0.39 is 35.9 Å². The second kappa shape index (κ2) is 9.99. The van der Waals surface area contributed by atoms with Crippen molar-refractivity contribution in [2.75, 3.05) is 23.9 Å². The van der Waals surface area contributed by atoms with Crippen LogP contribution in [0.2, 0.25) is 0 Å². The summed E-state index contributed by atoms with van der Waals surface area (Å²) in [5, 5.41) is -0.352. The van der Waals surface area contributed by atoms with E-state index in [2.05, 4.69) is 4.99 Å². The minimum Gasteiger partial charge on any atom is -0.378 e. The zero-order valence-electron chi connectivity index (χ0n) is 21.3. The predicted molar refractivity (Wildman–Crippen MR) is 153 cm³/mol. The van der Waals surface area contributed by atoms with E-state index in [0.29, 0.717) is 11.1 Å². The van der Waals surface area contributed by atoms with Crippen LogP contribution in [0, 0.1) is 0 Å². The predicted octanol–water partition coefficient (Wildman–Crippen LogP) is 4.23. The maximum atomic E-state index is 13.8. The molecule has 204 valence electrons. The van der Waals surface area contributed by atoms with E-state index in [4.69, 9.17) is 0 Å². The highest BCUT2D eigenvalue weighted by molar-refractivity contribution is 7.86. The molecule has 0 saturated heterocycles. The quantitative estimate of drug-likeness (QED) is 0.256. The Labute approximate surface area is 231 Å². The smallest absolute Gasteiger partial charge is 0.297 e. The summed E-state index contributed by atoms with van der Waals surface area (Å²) in [7, 11) is -5.96. The van der Waals surface area contributed by atoms with Crippen LogP contribution in [-0.2, 0) is 25.0 Å². The maximum absolute atomic E-state index is 13.8.